The first-order chi connectivity index (χ1) is 9.49. The monoisotopic (exact) mass is 283 g/mol. The van der Waals surface area contributed by atoms with Gasteiger partial charge in [-0.1, -0.05) is 0 Å². The summed E-state index contributed by atoms with van der Waals surface area (Å²) in [6.07, 6.45) is -1.18. The van der Waals surface area contributed by atoms with Crippen LogP contribution in [0.1, 0.15) is 20.7 Å². The molecule has 0 radical (unpaired) electrons. The van der Waals surface area contributed by atoms with Crippen LogP contribution in [0.2, 0.25) is 0 Å². The predicted octanol–water partition coefficient (Wildman–Crippen LogP) is -1.58. The molecule has 1 aromatic carbocycles. The van der Waals surface area contributed by atoms with Crippen molar-refractivity contribution in [2.45, 2.75) is 6.23 Å². The zero-order valence-electron chi connectivity index (χ0n) is 10.7. The van der Waals surface area contributed by atoms with Crippen LogP contribution in [0.5, 0.6) is 0 Å². The second-order valence-corrected chi connectivity index (χ2v) is 3.91. The molecule has 1 atom stereocenters. The fraction of sp³-hybridized carbons (Fsp3) is 0.333. The molecule has 8 heteroatoms. The molecule has 0 aliphatic rings. The van der Waals surface area contributed by atoms with E-state index in [1.807, 2.05) is 0 Å². The number of hydrogen-bond donors (Lipinski definition) is 5. The van der Waals surface area contributed by atoms with Crippen molar-refractivity contribution in [3.63, 3.8) is 0 Å². The molecular weight excluding hydrogens is 266 g/mol. The lowest BCUT2D eigenvalue weighted by Gasteiger charge is -2.13. The molecule has 1 amide bonds. The molecule has 1 rings (SSSR count). The van der Waals surface area contributed by atoms with E-state index in [0.717, 1.165) is 0 Å². The number of rotatable bonds is 6. The Hall–Kier alpha value is -2.16. The Balaban J connectivity index is 3.01. The third-order valence-corrected chi connectivity index (χ3v) is 2.34. The Labute approximate surface area is 115 Å². The average molecular weight is 283 g/mol. The molecule has 0 aliphatic heterocycles. The third-order valence-electron chi connectivity index (χ3n) is 2.34. The fourth-order valence-corrected chi connectivity index (χ4v) is 1.43. The predicted molar refractivity (Wildman–Crippen MR) is 70.8 cm³/mol. The van der Waals surface area contributed by atoms with Gasteiger partial charge in [-0.05, 0) is 18.2 Å². The van der Waals surface area contributed by atoms with Gasteiger partial charge in [-0.2, -0.15) is 0 Å². The van der Waals surface area contributed by atoms with E-state index in [9.17, 15) is 9.59 Å². The molecule has 1 unspecified atom stereocenters. The Bertz CT molecular complexity index is 492. The van der Waals surface area contributed by atoms with Crippen molar-refractivity contribution < 1.29 is 24.5 Å². The van der Waals surface area contributed by atoms with Gasteiger partial charge in [0.15, 0.2) is 6.23 Å². The largest absolute Gasteiger partial charge is 0.441 e. The number of nitrogens with one attached hydrogen (secondary N) is 1. The number of benzene rings is 1. The van der Waals surface area contributed by atoms with Gasteiger partial charge in [-0.25, -0.2) is 4.79 Å². The summed E-state index contributed by atoms with van der Waals surface area (Å²) in [5.74, 6) is -1.42. The molecule has 0 aromatic heterocycles. The normalized spacial score (nSPS) is 11.8. The standard InChI is InChI=1S/C12H17N3O5/c13-7-1-2-8(11(18)15-3-4-16)9(5-7)12(19)20-10(14)6-17/h1-2,5,10,16-17H,3-4,6,13-14H2,(H,15,18). The van der Waals surface area contributed by atoms with Crippen molar-refractivity contribution in [3.8, 4) is 0 Å². The average Bonchev–Trinajstić information content (AvgIpc) is 2.44. The molecule has 7 N–H and O–H groups in total. The number of nitrogen functional groups attached to an aromatic ring is 1. The SMILES string of the molecule is Nc1ccc(C(=O)NCCO)c(C(=O)OC(N)CO)c1. The minimum atomic E-state index is -1.18. The van der Waals surface area contributed by atoms with Gasteiger partial charge in [0.1, 0.15) is 0 Å². The topological polar surface area (TPSA) is 148 Å². The van der Waals surface area contributed by atoms with Crippen LogP contribution in [0.4, 0.5) is 5.69 Å². The Morgan fingerprint density at radius 1 is 1.30 bits per heavy atom. The van der Waals surface area contributed by atoms with E-state index in [1.165, 1.54) is 18.2 Å². The molecule has 0 heterocycles. The molecule has 1 aromatic rings. The quantitative estimate of drug-likeness (QED) is 0.240. The van der Waals surface area contributed by atoms with Crippen LogP contribution >= 0.6 is 0 Å². The molecule has 110 valence electrons. The van der Waals surface area contributed by atoms with Crippen LogP contribution in [0.15, 0.2) is 18.2 Å². The van der Waals surface area contributed by atoms with Crippen LogP contribution in [0.3, 0.4) is 0 Å². The first-order valence-corrected chi connectivity index (χ1v) is 5.85. The van der Waals surface area contributed by atoms with Crippen molar-refractivity contribution in [1.29, 1.82) is 0 Å². The van der Waals surface area contributed by atoms with Crippen LogP contribution in [-0.2, 0) is 4.74 Å². The number of ether oxygens (including phenoxy) is 1. The maximum atomic E-state index is 11.9. The van der Waals surface area contributed by atoms with E-state index in [1.54, 1.807) is 0 Å². The number of aliphatic hydroxyl groups excluding tert-OH is 2. The second-order valence-electron chi connectivity index (χ2n) is 3.91. The smallest absolute Gasteiger partial charge is 0.340 e. The van der Waals surface area contributed by atoms with Crippen molar-refractivity contribution in [1.82, 2.24) is 5.32 Å². The van der Waals surface area contributed by atoms with Gasteiger partial charge in [0.2, 0.25) is 0 Å². The van der Waals surface area contributed by atoms with Gasteiger partial charge in [-0.15, -0.1) is 0 Å². The summed E-state index contributed by atoms with van der Waals surface area (Å²) in [6, 6.07) is 4.10. The molecule has 0 bridgehead atoms. The van der Waals surface area contributed by atoms with E-state index >= 15 is 0 Å². The summed E-state index contributed by atoms with van der Waals surface area (Å²) in [5.41, 5.74) is 11.1. The highest BCUT2D eigenvalue weighted by molar-refractivity contribution is 6.06. The van der Waals surface area contributed by atoms with E-state index < -0.39 is 24.7 Å². The summed E-state index contributed by atoms with van der Waals surface area (Å²) in [4.78, 5) is 23.7. The number of hydrogen-bond acceptors (Lipinski definition) is 7. The highest BCUT2D eigenvalue weighted by Crippen LogP contribution is 2.15. The summed E-state index contributed by atoms with van der Waals surface area (Å²) in [6.45, 7) is -0.718. The van der Waals surface area contributed by atoms with Crippen LogP contribution in [0, 0.1) is 0 Å². The molecule has 8 nitrogen and oxygen atoms in total. The lowest BCUT2D eigenvalue weighted by molar-refractivity contribution is 0.0159. The number of anilines is 1. The van der Waals surface area contributed by atoms with Gasteiger partial charge < -0.3 is 26.0 Å². The number of esters is 1. The summed E-state index contributed by atoms with van der Waals surface area (Å²) >= 11 is 0. The zero-order chi connectivity index (χ0) is 15.1. The first kappa shape index (κ1) is 15.9. The first-order valence-electron chi connectivity index (χ1n) is 5.85. The van der Waals surface area contributed by atoms with Crippen LogP contribution in [0.25, 0.3) is 0 Å². The van der Waals surface area contributed by atoms with Crippen molar-refractivity contribution in [2.24, 2.45) is 5.73 Å². The minimum absolute atomic E-state index is 0.0442. The number of carbonyl (C=O) groups is 2. The molecule has 0 saturated carbocycles. The fourth-order valence-electron chi connectivity index (χ4n) is 1.43. The van der Waals surface area contributed by atoms with Gasteiger partial charge in [0.05, 0.1) is 24.3 Å². The summed E-state index contributed by atoms with van der Waals surface area (Å²) in [5, 5.41) is 19.8. The van der Waals surface area contributed by atoms with E-state index in [4.69, 9.17) is 26.4 Å². The van der Waals surface area contributed by atoms with Crippen molar-refractivity contribution >= 4 is 17.6 Å². The number of amides is 1. The molecule has 0 fully saturated rings. The molecule has 0 spiro atoms. The minimum Gasteiger partial charge on any atom is -0.441 e. The summed E-state index contributed by atoms with van der Waals surface area (Å²) in [7, 11) is 0. The van der Waals surface area contributed by atoms with Crippen molar-refractivity contribution in [2.75, 3.05) is 25.5 Å². The van der Waals surface area contributed by atoms with Gasteiger partial charge in [0, 0.05) is 12.2 Å². The number of carbonyl (C=O) groups excluding carboxylic acids is 2. The molecular formula is C12H17N3O5. The number of aliphatic hydroxyl groups is 2. The van der Waals surface area contributed by atoms with E-state index in [2.05, 4.69) is 5.32 Å². The molecule has 0 saturated heterocycles. The van der Waals surface area contributed by atoms with Gasteiger partial charge in [0.25, 0.3) is 5.91 Å². The van der Waals surface area contributed by atoms with Crippen LogP contribution < -0.4 is 16.8 Å². The Kier molecular flexibility index (Phi) is 5.91. The highest BCUT2D eigenvalue weighted by atomic mass is 16.6. The summed E-state index contributed by atoms with van der Waals surface area (Å²) < 4.78 is 4.74. The van der Waals surface area contributed by atoms with Crippen molar-refractivity contribution in [3.05, 3.63) is 29.3 Å². The maximum Gasteiger partial charge on any atom is 0.340 e. The molecule has 20 heavy (non-hydrogen) atoms. The lowest BCUT2D eigenvalue weighted by Crippen LogP contribution is -2.32. The zero-order valence-corrected chi connectivity index (χ0v) is 10.7. The highest BCUT2D eigenvalue weighted by Gasteiger charge is 2.20. The van der Waals surface area contributed by atoms with Crippen LogP contribution in [-0.4, -0.2) is 48.1 Å². The maximum absolute atomic E-state index is 11.9. The van der Waals surface area contributed by atoms with Gasteiger partial charge in [-0.3, -0.25) is 10.5 Å². The Morgan fingerprint density at radius 3 is 2.60 bits per heavy atom. The Morgan fingerprint density at radius 2 is 2.00 bits per heavy atom. The second kappa shape index (κ2) is 7.43. The number of nitrogens with two attached hydrogens (primary N) is 2. The van der Waals surface area contributed by atoms with Gasteiger partial charge >= 0.3 is 5.97 Å². The van der Waals surface area contributed by atoms with E-state index in [0.29, 0.717) is 0 Å². The molecule has 0 aliphatic carbocycles. The lowest BCUT2D eigenvalue weighted by atomic mass is 10.1. The van der Waals surface area contributed by atoms with E-state index in [-0.39, 0.29) is 30.0 Å². The third kappa shape index (κ3) is 4.19.